The van der Waals surface area contributed by atoms with Crippen molar-refractivity contribution in [2.75, 3.05) is 18.4 Å². The number of amides is 1. The first-order valence-corrected chi connectivity index (χ1v) is 8.81. The SMILES string of the molecule is Cc1ccc(C(=O)N2CCC(Nc3ccc(C)cc3[N+](=O)[O-])CC2)cc1. The first kappa shape index (κ1) is 17.9. The van der Waals surface area contributed by atoms with Crippen molar-refractivity contribution in [2.45, 2.75) is 32.7 Å². The molecule has 2 aromatic carbocycles. The molecule has 0 saturated carbocycles. The number of aryl methyl sites for hydroxylation is 2. The van der Waals surface area contributed by atoms with Crippen LogP contribution in [0.1, 0.15) is 34.3 Å². The molecule has 0 spiro atoms. The highest BCUT2D eigenvalue weighted by atomic mass is 16.6. The number of nitro groups is 1. The Labute approximate surface area is 153 Å². The van der Waals surface area contributed by atoms with E-state index in [1.165, 1.54) is 0 Å². The van der Waals surface area contributed by atoms with E-state index in [-0.39, 0.29) is 22.6 Å². The zero-order valence-electron chi connectivity index (χ0n) is 15.1. The maximum Gasteiger partial charge on any atom is 0.292 e. The Balaban J connectivity index is 1.61. The molecule has 3 rings (SSSR count). The van der Waals surface area contributed by atoms with Gasteiger partial charge in [-0.15, -0.1) is 0 Å². The van der Waals surface area contributed by atoms with Crippen molar-refractivity contribution in [3.8, 4) is 0 Å². The Morgan fingerprint density at radius 1 is 1.08 bits per heavy atom. The smallest absolute Gasteiger partial charge is 0.292 e. The first-order valence-electron chi connectivity index (χ1n) is 8.81. The molecule has 1 fully saturated rings. The van der Waals surface area contributed by atoms with Gasteiger partial charge in [0.05, 0.1) is 4.92 Å². The van der Waals surface area contributed by atoms with E-state index in [9.17, 15) is 14.9 Å². The summed E-state index contributed by atoms with van der Waals surface area (Å²) in [5, 5.41) is 14.5. The molecule has 0 radical (unpaired) electrons. The number of piperidine rings is 1. The largest absolute Gasteiger partial charge is 0.377 e. The van der Waals surface area contributed by atoms with Crippen LogP contribution in [0.3, 0.4) is 0 Å². The quantitative estimate of drug-likeness (QED) is 0.667. The first-order chi connectivity index (χ1) is 12.4. The van der Waals surface area contributed by atoms with Crippen LogP contribution in [-0.4, -0.2) is 34.9 Å². The van der Waals surface area contributed by atoms with Gasteiger partial charge < -0.3 is 10.2 Å². The van der Waals surface area contributed by atoms with Crippen LogP contribution >= 0.6 is 0 Å². The second kappa shape index (κ2) is 7.56. The van der Waals surface area contributed by atoms with E-state index < -0.39 is 0 Å². The van der Waals surface area contributed by atoms with Crippen LogP contribution in [-0.2, 0) is 0 Å². The van der Waals surface area contributed by atoms with Crippen molar-refractivity contribution < 1.29 is 9.72 Å². The minimum atomic E-state index is -0.356. The lowest BCUT2D eigenvalue weighted by Gasteiger charge is -2.33. The van der Waals surface area contributed by atoms with Gasteiger partial charge in [0.15, 0.2) is 0 Å². The van der Waals surface area contributed by atoms with E-state index >= 15 is 0 Å². The zero-order valence-corrected chi connectivity index (χ0v) is 15.1. The fourth-order valence-corrected chi connectivity index (χ4v) is 3.24. The number of nitrogens with zero attached hydrogens (tertiary/aromatic N) is 2. The summed E-state index contributed by atoms with van der Waals surface area (Å²) in [7, 11) is 0. The number of hydrogen-bond donors (Lipinski definition) is 1. The lowest BCUT2D eigenvalue weighted by Crippen LogP contribution is -2.42. The number of likely N-dealkylation sites (tertiary alicyclic amines) is 1. The average molecular weight is 353 g/mol. The molecule has 26 heavy (non-hydrogen) atoms. The summed E-state index contributed by atoms with van der Waals surface area (Å²) in [5.41, 5.74) is 3.34. The topological polar surface area (TPSA) is 75.5 Å². The lowest BCUT2D eigenvalue weighted by molar-refractivity contribution is -0.384. The molecule has 1 saturated heterocycles. The highest BCUT2D eigenvalue weighted by Crippen LogP contribution is 2.28. The van der Waals surface area contributed by atoms with Gasteiger partial charge in [0.25, 0.3) is 11.6 Å². The fourth-order valence-electron chi connectivity index (χ4n) is 3.24. The Morgan fingerprint density at radius 2 is 1.69 bits per heavy atom. The molecule has 6 nitrogen and oxygen atoms in total. The zero-order chi connectivity index (χ0) is 18.7. The van der Waals surface area contributed by atoms with Gasteiger partial charge >= 0.3 is 0 Å². The molecule has 136 valence electrons. The second-order valence-electron chi connectivity index (χ2n) is 6.85. The summed E-state index contributed by atoms with van der Waals surface area (Å²) in [5.74, 6) is 0.0461. The third-order valence-electron chi connectivity index (χ3n) is 4.79. The van der Waals surface area contributed by atoms with Gasteiger partial charge in [-0.1, -0.05) is 23.8 Å². The summed E-state index contributed by atoms with van der Waals surface area (Å²) in [4.78, 5) is 25.3. The number of rotatable bonds is 4. The van der Waals surface area contributed by atoms with Crippen LogP contribution in [0.2, 0.25) is 0 Å². The van der Waals surface area contributed by atoms with E-state index in [0.717, 1.165) is 24.0 Å². The number of nitro benzene ring substituents is 1. The number of anilines is 1. The Hall–Kier alpha value is -2.89. The monoisotopic (exact) mass is 353 g/mol. The number of benzene rings is 2. The van der Waals surface area contributed by atoms with Gasteiger partial charge in [-0.2, -0.15) is 0 Å². The third-order valence-corrected chi connectivity index (χ3v) is 4.79. The summed E-state index contributed by atoms with van der Waals surface area (Å²) in [6, 6.07) is 12.9. The molecule has 0 bridgehead atoms. The van der Waals surface area contributed by atoms with Crippen molar-refractivity contribution in [1.29, 1.82) is 0 Å². The maximum atomic E-state index is 12.6. The van der Waals surface area contributed by atoms with Crippen LogP contribution in [0.15, 0.2) is 42.5 Å². The second-order valence-corrected chi connectivity index (χ2v) is 6.85. The highest BCUT2D eigenvalue weighted by Gasteiger charge is 2.25. The molecule has 1 amide bonds. The molecule has 0 aliphatic carbocycles. The molecule has 1 aliphatic rings. The minimum Gasteiger partial charge on any atom is -0.377 e. The maximum absolute atomic E-state index is 12.6. The van der Waals surface area contributed by atoms with E-state index in [1.807, 2.05) is 49.1 Å². The minimum absolute atomic E-state index is 0.0461. The number of carbonyl (C=O) groups excluding carboxylic acids is 1. The summed E-state index contributed by atoms with van der Waals surface area (Å²) >= 11 is 0. The van der Waals surface area contributed by atoms with Gasteiger partial charge in [-0.05, 0) is 50.5 Å². The molecule has 1 aliphatic heterocycles. The van der Waals surface area contributed by atoms with Crippen LogP contribution < -0.4 is 5.32 Å². The predicted molar refractivity (Wildman–Crippen MR) is 102 cm³/mol. The summed E-state index contributed by atoms with van der Waals surface area (Å²) in [6.45, 7) is 5.12. The van der Waals surface area contributed by atoms with E-state index in [1.54, 1.807) is 12.1 Å². The van der Waals surface area contributed by atoms with Crippen molar-refractivity contribution in [2.24, 2.45) is 0 Å². The van der Waals surface area contributed by atoms with Crippen LogP contribution in [0.4, 0.5) is 11.4 Å². The normalized spacial score (nSPS) is 14.9. The Kier molecular flexibility index (Phi) is 5.21. The fraction of sp³-hybridized carbons (Fsp3) is 0.350. The van der Waals surface area contributed by atoms with Crippen molar-refractivity contribution in [3.63, 3.8) is 0 Å². The van der Waals surface area contributed by atoms with E-state index in [2.05, 4.69) is 5.32 Å². The van der Waals surface area contributed by atoms with Crippen LogP contribution in [0.5, 0.6) is 0 Å². The average Bonchev–Trinajstić information content (AvgIpc) is 2.64. The number of nitrogens with one attached hydrogen (secondary N) is 1. The van der Waals surface area contributed by atoms with Gasteiger partial charge in [0, 0.05) is 30.8 Å². The van der Waals surface area contributed by atoms with Crippen LogP contribution in [0.25, 0.3) is 0 Å². The molecule has 0 atom stereocenters. The molecular weight excluding hydrogens is 330 g/mol. The molecule has 0 unspecified atom stereocenters. The van der Waals surface area contributed by atoms with Gasteiger partial charge in [-0.25, -0.2) is 0 Å². The van der Waals surface area contributed by atoms with Crippen molar-refractivity contribution in [3.05, 3.63) is 69.3 Å². The standard InChI is InChI=1S/C20H23N3O3/c1-14-3-6-16(7-4-14)20(24)22-11-9-17(10-12-22)21-18-8-5-15(2)13-19(18)23(25)26/h3-8,13,17,21H,9-12H2,1-2H3. The predicted octanol–water partition coefficient (Wildman–Crippen LogP) is 3.93. The highest BCUT2D eigenvalue weighted by molar-refractivity contribution is 5.94. The molecule has 2 aromatic rings. The van der Waals surface area contributed by atoms with Crippen molar-refractivity contribution in [1.82, 2.24) is 4.90 Å². The van der Waals surface area contributed by atoms with Gasteiger partial charge in [0.1, 0.15) is 5.69 Å². The van der Waals surface area contributed by atoms with Crippen LogP contribution in [0, 0.1) is 24.0 Å². The molecule has 1 N–H and O–H groups in total. The molecule has 1 heterocycles. The summed E-state index contributed by atoms with van der Waals surface area (Å²) < 4.78 is 0. The number of carbonyl (C=O) groups is 1. The Bertz CT molecular complexity index is 810. The molecule has 6 heteroatoms. The molecular formula is C20H23N3O3. The van der Waals surface area contributed by atoms with Crippen molar-refractivity contribution >= 4 is 17.3 Å². The Morgan fingerprint density at radius 3 is 2.31 bits per heavy atom. The molecule has 0 aromatic heterocycles. The lowest BCUT2D eigenvalue weighted by atomic mass is 10.0. The number of hydrogen-bond acceptors (Lipinski definition) is 4. The summed E-state index contributed by atoms with van der Waals surface area (Å²) in [6.07, 6.45) is 1.53. The third kappa shape index (κ3) is 4.02. The van der Waals surface area contributed by atoms with E-state index in [0.29, 0.717) is 24.3 Å². The van der Waals surface area contributed by atoms with Gasteiger partial charge in [-0.3, -0.25) is 14.9 Å². The van der Waals surface area contributed by atoms with Gasteiger partial charge in [0.2, 0.25) is 0 Å². The van der Waals surface area contributed by atoms with E-state index in [4.69, 9.17) is 0 Å².